The van der Waals surface area contributed by atoms with Crippen LogP contribution in [0.1, 0.15) is 12.8 Å². The first kappa shape index (κ1) is 4.77. The Kier molecular flexibility index (Phi) is 1.82. The fourth-order valence-electron chi connectivity index (χ4n) is 1.13. The highest BCUT2D eigenvalue weighted by Gasteiger charge is 2.11. The molecule has 1 unspecified atom stereocenters. The van der Waals surface area contributed by atoms with Crippen LogP contribution in [-0.4, -0.2) is 26.2 Å². The first-order chi connectivity index (χ1) is 4.29. The maximum Gasteiger partial charge on any atom is 0.122 e. The summed E-state index contributed by atoms with van der Waals surface area (Å²) in [6, 6.07) is 0.576. The molecule has 48 valence electrons. The van der Waals surface area contributed by atoms with Gasteiger partial charge in [-0.25, -0.2) is 0 Å². The second-order valence-corrected chi connectivity index (χ2v) is 2.29. The second-order valence-electron chi connectivity index (χ2n) is 2.29. The fraction of sp³-hybridized carbons (Fsp3) is 1.00. The van der Waals surface area contributed by atoms with E-state index in [0.29, 0.717) is 6.04 Å². The molecular weight excluding hydrogens is 100 g/mol. The Morgan fingerprint density at radius 3 is 3.38 bits per heavy atom. The summed E-state index contributed by atoms with van der Waals surface area (Å²) in [6.45, 7) is 2.00. The first-order valence-corrected chi connectivity index (χ1v) is 3.22. The van der Waals surface area contributed by atoms with E-state index in [-0.39, 0.29) is 0 Å². The van der Waals surface area contributed by atoms with Crippen LogP contribution in [0, 0.1) is 0 Å². The lowest BCUT2D eigenvalue weighted by Crippen LogP contribution is -2.31. The quantitative estimate of drug-likeness (QED) is 0.529. The minimum absolute atomic E-state index is 0.576. The summed E-state index contributed by atoms with van der Waals surface area (Å²) in [4.78, 5) is 0. The molecule has 2 heteroatoms. The molecule has 2 N–H and O–H groups in total. The van der Waals surface area contributed by atoms with Crippen LogP contribution in [0.15, 0.2) is 0 Å². The van der Waals surface area contributed by atoms with Gasteiger partial charge in [-0.1, -0.05) is 0 Å². The third-order valence-electron chi connectivity index (χ3n) is 1.57. The summed E-state index contributed by atoms with van der Waals surface area (Å²) in [5.74, 6) is 0. The molecule has 0 amide bonds. The highest BCUT2D eigenvalue weighted by atomic mass is 15.0. The minimum atomic E-state index is 0.576. The van der Waals surface area contributed by atoms with Crippen LogP contribution in [0.25, 0.3) is 0 Å². The summed E-state index contributed by atoms with van der Waals surface area (Å²) in [6.07, 6.45) is 2.52. The van der Waals surface area contributed by atoms with Crippen molar-refractivity contribution in [1.82, 2.24) is 10.6 Å². The van der Waals surface area contributed by atoms with Gasteiger partial charge in [0.05, 0.1) is 0 Å². The highest BCUT2D eigenvalue weighted by molar-refractivity contribution is 4.74. The van der Waals surface area contributed by atoms with Gasteiger partial charge < -0.3 is 10.6 Å². The van der Waals surface area contributed by atoms with Crippen LogP contribution < -0.4 is 10.6 Å². The van der Waals surface area contributed by atoms with Crippen molar-refractivity contribution in [2.24, 2.45) is 0 Å². The number of likely N-dealkylation sites (N-methyl/N-ethyl adjacent to an activating group) is 1. The molecule has 1 atom stereocenters. The van der Waals surface area contributed by atoms with Gasteiger partial charge in [0.1, 0.15) is 1.41 Å². The lowest BCUT2D eigenvalue weighted by molar-refractivity contribution is 0.568. The molecule has 2 nitrogen and oxygen atoms in total. The lowest BCUT2D eigenvalue weighted by Gasteiger charge is -2.06. The molecular formula is C6H14N2. The molecule has 0 aromatic rings. The predicted molar refractivity (Wildman–Crippen MR) is 35.0 cm³/mol. The van der Waals surface area contributed by atoms with E-state index in [4.69, 9.17) is 1.41 Å². The summed E-state index contributed by atoms with van der Waals surface area (Å²) in [5.41, 5.74) is 0. The number of hydrogen-bond acceptors (Lipinski definition) is 2. The molecule has 0 bridgehead atoms. The maximum absolute atomic E-state index is 7.14. The molecule has 1 rings (SSSR count). The van der Waals surface area contributed by atoms with E-state index in [2.05, 4.69) is 5.32 Å². The van der Waals surface area contributed by atoms with Gasteiger partial charge in [-0.3, -0.25) is 0 Å². The number of hydrogen-bond donors (Lipinski definition) is 2. The fourth-order valence-corrected chi connectivity index (χ4v) is 1.13. The minimum Gasteiger partial charge on any atom is -0.318 e. The summed E-state index contributed by atoms with van der Waals surface area (Å²) < 4.78 is 7.14. The largest absolute Gasteiger partial charge is 0.318 e. The Labute approximate surface area is 52.1 Å². The molecule has 1 saturated heterocycles. The maximum atomic E-state index is 7.14. The Hall–Kier alpha value is -0.0800. The smallest absolute Gasteiger partial charge is 0.122 e. The molecule has 0 radical (unpaired) electrons. The summed E-state index contributed by atoms with van der Waals surface area (Å²) >= 11 is 0. The van der Waals surface area contributed by atoms with Crippen LogP contribution in [0.2, 0.25) is 1.41 Å². The lowest BCUT2D eigenvalue weighted by atomic mass is 10.2. The Bertz CT molecular complexity index is 79.1. The van der Waals surface area contributed by atoms with E-state index in [1.807, 2.05) is 0 Å². The second kappa shape index (κ2) is 3.05. The third-order valence-corrected chi connectivity index (χ3v) is 1.57. The van der Waals surface area contributed by atoms with Crippen molar-refractivity contribution < 1.29 is 1.41 Å². The number of rotatable bonds is 2. The topological polar surface area (TPSA) is 24.1 Å². The molecule has 1 fully saturated rings. The van der Waals surface area contributed by atoms with E-state index in [0.717, 1.165) is 13.1 Å². The van der Waals surface area contributed by atoms with Gasteiger partial charge in [0.2, 0.25) is 0 Å². The molecule has 0 spiro atoms. The van der Waals surface area contributed by atoms with Gasteiger partial charge in [-0.05, 0) is 26.4 Å². The monoisotopic (exact) mass is 116 g/mol. The third kappa shape index (κ3) is 1.46. The Morgan fingerprint density at radius 2 is 2.88 bits per heavy atom. The van der Waals surface area contributed by atoms with Crippen LogP contribution in [0.3, 0.4) is 0 Å². The van der Waals surface area contributed by atoms with E-state index in [1.54, 1.807) is 7.05 Å². The Morgan fingerprint density at radius 1 is 2.00 bits per heavy atom. The van der Waals surface area contributed by atoms with Gasteiger partial charge in [0, 0.05) is 12.6 Å². The van der Waals surface area contributed by atoms with Crippen molar-refractivity contribution in [3.63, 3.8) is 0 Å². The van der Waals surface area contributed by atoms with Crippen LogP contribution in [0.5, 0.6) is 0 Å². The predicted octanol–water partition coefficient (Wildman–Crippen LogP) is -0.0422. The summed E-state index contributed by atoms with van der Waals surface area (Å²) in [5, 5.41) is 4.82. The van der Waals surface area contributed by atoms with E-state index >= 15 is 0 Å². The molecule has 0 aliphatic carbocycles. The molecule has 0 aromatic carbocycles. The number of nitrogens with one attached hydrogen (secondary N) is 2. The zero-order chi connectivity index (χ0) is 6.69. The molecule has 0 aromatic heterocycles. The van der Waals surface area contributed by atoms with Gasteiger partial charge >= 0.3 is 0 Å². The van der Waals surface area contributed by atoms with Crippen molar-refractivity contribution in [3.8, 4) is 0 Å². The van der Waals surface area contributed by atoms with Gasteiger partial charge in [-0.15, -0.1) is 0 Å². The van der Waals surface area contributed by atoms with Crippen molar-refractivity contribution in [3.05, 3.63) is 0 Å². The van der Waals surface area contributed by atoms with E-state index in [9.17, 15) is 0 Å². The van der Waals surface area contributed by atoms with Crippen molar-refractivity contribution in [2.75, 3.05) is 20.1 Å². The zero-order valence-corrected chi connectivity index (χ0v) is 5.35. The average Bonchev–Trinajstić information content (AvgIpc) is 2.15. The zero-order valence-electron chi connectivity index (χ0n) is 6.35. The standard InChI is InChI=1S/C6H14N2/c1-7-5-6-3-2-4-8-6/h6-8H,2-5H2,1H3/i/hT. The van der Waals surface area contributed by atoms with Crippen molar-refractivity contribution in [1.29, 1.82) is 0 Å². The van der Waals surface area contributed by atoms with Crippen LogP contribution in [-0.2, 0) is 0 Å². The summed E-state index contributed by atoms with van der Waals surface area (Å²) in [7, 11) is 1.79. The average molecular weight is 116 g/mol. The van der Waals surface area contributed by atoms with Crippen molar-refractivity contribution >= 4 is 0 Å². The molecule has 1 heterocycles. The van der Waals surface area contributed by atoms with Gasteiger partial charge in [0.15, 0.2) is 0 Å². The molecule has 8 heavy (non-hydrogen) atoms. The van der Waals surface area contributed by atoms with Crippen LogP contribution in [0.4, 0.5) is 0 Å². The van der Waals surface area contributed by atoms with E-state index in [1.165, 1.54) is 18.2 Å². The molecule has 0 saturated carbocycles. The molecule has 1 aliphatic heterocycles. The van der Waals surface area contributed by atoms with Crippen molar-refractivity contribution in [2.45, 2.75) is 18.9 Å². The van der Waals surface area contributed by atoms with Gasteiger partial charge in [-0.2, -0.15) is 0 Å². The Balaban J connectivity index is 2.11. The van der Waals surface area contributed by atoms with E-state index < -0.39 is 0 Å². The van der Waals surface area contributed by atoms with Gasteiger partial charge in [0.25, 0.3) is 0 Å². The normalized spacial score (nSPS) is 31.2. The highest BCUT2D eigenvalue weighted by Crippen LogP contribution is 2.02. The SMILES string of the molecule is [3H]N(C)CC1CCCN1. The first-order valence-electron chi connectivity index (χ1n) is 3.67. The van der Waals surface area contributed by atoms with Crippen LogP contribution >= 0.6 is 0 Å². The molecule has 1 aliphatic rings.